The maximum Gasteiger partial charge on any atom is 0.127 e. The quantitative estimate of drug-likeness (QED) is 0.631. The summed E-state index contributed by atoms with van der Waals surface area (Å²) in [5.41, 5.74) is 4.39. The Morgan fingerprint density at radius 2 is 1.74 bits per heavy atom. The molecule has 0 amide bonds. The molecule has 1 aromatic heterocycles. The predicted molar refractivity (Wildman–Crippen MR) is 72.9 cm³/mol. The number of ether oxygens (including phenoxy) is 2. The lowest BCUT2D eigenvalue weighted by molar-refractivity contribution is 0.376. The van der Waals surface area contributed by atoms with Crippen molar-refractivity contribution in [1.29, 1.82) is 0 Å². The lowest BCUT2D eigenvalue weighted by Gasteiger charge is -2.21. The molecule has 0 aliphatic carbocycles. The smallest absolute Gasteiger partial charge is 0.127 e. The van der Waals surface area contributed by atoms with E-state index in [2.05, 4.69) is 10.4 Å². The van der Waals surface area contributed by atoms with Gasteiger partial charge in [0.2, 0.25) is 0 Å². The van der Waals surface area contributed by atoms with Gasteiger partial charge < -0.3 is 9.47 Å². The number of hydrogen-bond donors (Lipinski definition) is 2. The fourth-order valence-electron chi connectivity index (χ4n) is 2.03. The summed E-state index contributed by atoms with van der Waals surface area (Å²) in [6, 6.07) is 11.0. The van der Waals surface area contributed by atoms with E-state index in [-0.39, 0.29) is 6.04 Å². The Kier molecular flexibility index (Phi) is 4.33. The summed E-state index contributed by atoms with van der Waals surface area (Å²) in [5.74, 6) is 7.09. The van der Waals surface area contributed by atoms with Crippen LogP contribution in [0.2, 0.25) is 0 Å². The number of aromatic nitrogens is 1. The normalized spacial score (nSPS) is 11.9. The van der Waals surface area contributed by atoms with Gasteiger partial charge in [-0.15, -0.1) is 0 Å². The first-order chi connectivity index (χ1) is 9.31. The van der Waals surface area contributed by atoms with E-state index in [1.807, 2.05) is 36.4 Å². The predicted octanol–water partition coefficient (Wildman–Crippen LogP) is 1.65. The number of pyridine rings is 1. The summed E-state index contributed by atoms with van der Waals surface area (Å²) in [4.78, 5) is 4.32. The number of nitrogens with one attached hydrogen (secondary N) is 1. The molecular weight excluding hydrogens is 242 g/mol. The Hall–Kier alpha value is -2.11. The molecule has 3 N–H and O–H groups in total. The van der Waals surface area contributed by atoms with Crippen molar-refractivity contribution in [1.82, 2.24) is 10.4 Å². The first-order valence-corrected chi connectivity index (χ1v) is 5.89. The number of hydrazine groups is 1. The third-order valence-corrected chi connectivity index (χ3v) is 2.90. The van der Waals surface area contributed by atoms with Crippen LogP contribution >= 0.6 is 0 Å². The second-order valence-corrected chi connectivity index (χ2v) is 3.93. The summed E-state index contributed by atoms with van der Waals surface area (Å²) in [5, 5.41) is 0. The monoisotopic (exact) mass is 259 g/mol. The Bertz CT molecular complexity index is 509. The van der Waals surface area contributed by atoms with Crippen molar-refractivity contribution >= 4 is 0 Å². The van der Waals surface area contributed by atoms with Crippen LogP contribution in [0.25, 0.3) is 0 Å². The fourth-order valence-corrected chi connectivity index (χ4v) is 2.03. The van der Waals surface area contributed by atoms with Gasteiger partial charge in [-0.3, -0.25) is 10.8 Å². The fraction of sp³-hybridized carbons (Fsp3) is 0.214. The molecule has 0 saturated carbocycles. The number of nitrogens with zero attached hydrogens (tertiary/aromatic N) is 1. The molecular formula is C14H17N3O2. The number of benzene rings is 1. The molecule has 1 unspecified atom stereocenters. The summed E-state index contributed by atoms with van der Waals surface area (Å²) < 4.78 is 10.8. The number of rotatable bonds is 5. The second kappa shape index (κ2) is 6.17. The standard InChI is InChI=1S/C14H17N3O2/c1-18-11-7-5-8-12(19-2)13(11)14(17-15)10-6-3-4-9-16-10/h3-9,14,17H,15H2,1-2H3. The molecule has 1 aromatic carbocycles. The van der Waals surface area contributed by atoms with Gasteiger partial charge in [0, 0.05) is 6.20 Å². The molecule has 100 valence electrons. The molecule has 0 aliphatic heterocycles. The Morgan fingerprint density at radius 1 is 1.05 bits per heavy atom. The molecule has 0 aliphatic rings. The van der Waals surface area contributed by atoms with Crippen LogP contribution in [0.4, 0.5) is 0 Å². The minimum Gasteiger partial charge on any atom is -0.496 e. The zero-order valence-corrected chi connectivity index (χ0v) is 11.0. The molecule has 5 nitrogen and oxygen atoms in total. The third-order valence-electron chi connectivity index (χ3n) is 2.90. The maximum atomic E-state index is 5.68. The largest absolute Gasteiger partial charge is 0.496 e. The van der Waals surface area contributed by atoms with E-state index in [9.17, 15) is 0 Å². The van der Waals surface area contributed by atoms with E-state index in [0.717, 1.165) is 11.3 Å². The lowest BCUT2D eigenvalue weighted by Crippen LogP contribution is -2.30. The molecule has 0 radical (unpaired) electrons. The van der Waals surface area contributed by atoms with Crippen molar-refractivity contribution in [2.45, 2.75) is 6.04 Å². The van der Waals surface area contributed by atoms with Crippen LogP contribution in [0.15, 0.2) is 42.6 Å². The van der Waals surface area contributed by atoms with E-state index in [4.69, 9.17) is 15.3 Å². The zero-order chi connectivity index (χ0) is 13.7. The highest BCUT2D eigenvalue weighted by atomic mass is 16.5. The maximum absolute atomic E-state index is 5.68. The Balaban J connectivity index is 2.54. The molecule has 2 rings (SSSR count). The first kappa shape index (κ1) is 13.3. The van der Waals surface area contributed by atoms with Gasteiger partial charge in [-0.25, -0.2) is 5.43 Å². The number of methoxy groups -OCH3 is 2. The van der Waals surface area contributed by atoms with Crippen LogP contribution in [0, 0.1) is 0 Å². The van der Waals surface area contributed by atoms with Crippen molar-refractivity contribution < 1.29 is 9.47 Å². The molecule has 5 heteroatoms. The highest BCUT2D eigenvalue weighted by Gasteiger charge is 2.22. The van der Waals surface area contributed by atoms with Crippen LogP contribution in [-0.4, -0.2) is 19.2 Å². The van der Waals surface area contributed by atoms with Crippen LogP contribution in [0.5, 0.6) is 11.5 Å². The van der Waals surface area contributed by atoms with Gasteiger partial charge >= 0.3 is 0 Å². The van der Waals surface area contributed by atoms with Crippen molar-refractivity contribution in [3.8, 4) is 11.5 Å². The highest BCUT2D eigenvalue weighted by Crippen LogP contribution is 2.36. The van der Waals surface area contributed by atoms with Crippen molar-refractivity contribution in [3.63, 3.8) is 0 Å². The Morgan fingerprint density at radius 3 is 2.21 bits per heavy atom. The van der Waals surface area contributed by atoms with E-state index < -0.39 is 0 Å². The first-order valence-electron chi connectivity index (χ1n) is 5.89. The topological polar surface area (TPSA) is 69.4 Å². The van der Waals surface area contributed by atoms with Crippen LogP contribution < -0.4 is 20.7 Å². The van der Waals surface area contributed by atoms with Crippen LogP contribution in [-0.2, 0) is 0 Å². The minimum absolute atomic E-state index is 0.299. The average Bonchev–Trinajstić information content (AvgIpc) is 2.49. The minimum atomic E-state index is -0.299. The van der Waals surface area contributed by atoms with E-state index in [1.54, 1.807) is 20.4 Å². The third kappa shape index (κ3) is 2.67. The summed E-state index contributed by atoms with van der Waals surface area (Å²) in [6.07, 6.45) is 1.72. The van der Waals surface area contributed by atoms with Gasteiger partial charge in [0.25, 0.3) is 0 Å². The van der Waals surface area contributed by atoms with Gasteiger partial charge in [-0.05, 0) is 24.3 Å². The van der Waals surface area contributed by atoms with Gasteiger partial charge in [-0.2, -0.15) is 0 Å². The number of nitrogens with two attached hydrogens (primary N) is 1. The average molecular weight is 259 g/mol. The summed E-state index contributed by atoms with van der Waals surface area (Å²) in [6.45, 7) is 0. The van der Waals surface area contributed by atoms with Gasteiger partial charge in [0.15, 0.2) is 0 Å². The second-order valence-electron chi connectivity index (χ2n) is 3.93. The number of hydrogen-bond acceptors (Lipinski definition) is 5. The summed E-state index contributed by atoms with van der Waals surface area (Å²) >= 11 is 0. The van der Waals surface area contributed by atoms with E-state index in [0.29, 0.717) is 11.5 Å². The van der Waals surface area contributed by atoms with Crippen LogP contribution in [0.1, 0.15) is 17.3 Å². The molecule has 0 fully saturated rings. The SMILES string of the molecule is COc1cccc(OC)c1C(NN)c1ccccn1. The molecule has 1 atom stereocenters. The molecule has 0 spiro atoms. The molecule has 1 heterocycles. The Labute approximate surface area is 112 Å². The van der Waals surface area contributed by atoms with Crippen molar-refractivity contribution in [2.24, 2.45) is 5.84 Å². The van der Waals surface area contributed by atoms with E-state index in [1.165, 1.54) is 0 Å². The molecule has 0 saturated heterocycles. The zero-order valence-electron chi connectivity index (χ0n) is 11.0. The van der Waals surface area contributed by atoms with E-state index >= 15 is 0 Å². The van der Waals surface area contributed by atoms with Crippen molar-refractivity contribution in [3.05, 3.63) is 53.9 Å². The lowest BCUT2D eigenvalue weighted by atomic mass is 10.0. The van der Waals surface area contributed by atoms with Gasteiger partial charge in [-0.1, -0.05) is 12.1 Å². The van der Waals surface area contributed by atoms with Crippen LogP contribution in [0.3, 0.4) is 0 Å². The summed E-state index contributed by atoms with van der Waals surface area (Å²) in [7, 11) is 3.23. The molecule has 2 aromatic rings. The molecule has 19 heavy (non-hydrogen) atoms. The van der Waals surface area contributed by atoms with Gasteiger partial charge in [0.1, 0.15) is 11.5 Å². The van der Waals surface area contributed by atoms with Gasteiger partial charge in [0.05, 0.1) is 31.5 Å². The molecule has 0 bridgehead atoms. The highest BCUT2D eigenvalue weighted by molar-refractivity contribution is 5.49. The van der Waals surface area contributed by atoms with Crippen molar-refractivity contribution in [2.75, 3.05) is 14.2 Å².